The summed E-state index contributed by atoms with van der Waals surface area (Å²) in [6, 6.07) is -0.267. The van der Waals surface area contributed by atoms with Crippen LogP contribution in [0.2, 0.25) is 0 Å². The Bertz CT molecular complexity index is 581. The van der Waals surface area contributed by atoms with Crippen molar-refractivity contribution < 1.29 is 14.7 Å². The van der Waals surface area contributed by atoms with Crippen molar-refractivity contribution in [3.05, 3.63) is 11.9 Å². The summed E-state index contributed by atoms with van der Waals surface area (Å²) in [5, 5.41) is 16.3. The second-order valence-electron chi connectivity index (χ2n) is 6.69. The van der Waals surface area contributed by atoms with E-state index in [4.69, 9.17) is 0 Å². The van der Waals surface area contributed by atoms with Crippen LogP contribution in [0.4, 0.5) is 10.5 Å². The minimum absolute atomic E-state index is 0.230. The number of urea groups is 1. The molecule has 1 aromatic rings. The molecule has 0 radical (unpaired) electrons. The van der Waals surface area contributed by atoms with E-state index in [1.165, 1.54) is 0 Å². The largest absolute Gasteiger partial charge is 0.481 e. The van der Waals surface area contributed by atoms with Gasteiger partial charge in [-0.15, -0.1) is 0 Å². The second-order valence-corrected chi connectivity index (χ2v) is 6.69. The number of carboxylic acids is 1. The first-order valence-corrected chi connectivity index (χ1v) is 7.54. The molecule has 7 heteroatoms. The van der Waals surface area contributed by atoms with Crippen LogP contribution >= 0.6 is 0 Å². The molecule has 2 amide bonds. The summed E-state index contributed by atoms with van der Waals surface area (Å²) in [6.45, 7) is 9.28. The predicted octanol–water partition coefficient (Wildman–Crippen LogP) is 2.18. The molecule has 0 aromatic carbocycles. The molecule has 0 bridgehead atoms. The molecular formula is C15H24N4O3. The van der Waals surface area contributed by atoms with Crippen molar-refractivity contribution in [2.75, 3.05) is 18.4 Å². The van der Waals surface area contributed by atoms with Crippen LogP contribution in [-0.4, -0.2) is 44.9 Å². The van der Waals surface area contributed by atoms with Crippen molar-refractivity contribution in [2.24, 2.45) is 11.3 Å². The van der Waals surface area contributed by atoms with Gasteiger partial charge in [-0.3, -0.25) is 9.48 Å². The molecule has 2 rings (SSSR count). The number of nitrogens with one attached hydrogen (secondary N) is 1. The number of likely N-dealkylation sites (tertiary alicyclic amines) is 1. The third kappa shape index (κ3) is 3.23. The molecule has 1 atom stereocenters. The van der Waals surface area contributed by atoms with E-state index in [9.17, 15) is 14.7 Å². The Labute approximate surface area is 130 Å². The molecule has 22 heavy (non-hydrogen) atoms. The lowest BCUT2D eigenvalue weighted by atomic mass is 9.90. The smallest absolute Gasteiger partial charge is 0.321 e. The van der Waals surface area contributed by atoms with Crippen LogP contribution in [0, 0.1) is 18.3 Å². The Kier molecular flexibility index (Phi) is 4.44. The van der Waals surface area contributed by atoms with Crippen LogP contribution in [0.5, 0.6) is 0 Å². The van der Waals surface area contributed by atoms with Gasteiger partial charge in [-0.1, -0.05) is 13.8 Å². The van der Waals surface area contributed by atoms with Crippen molar-refractivity contribution >= 4 is 17.7 Å². The number of aromatic nitrogens is 2. The summed E-state index contributed by atoms with van der Waals surface area (Å²) in [5.41, 5.74) is 0.727. The number of hydrogen-bond donors (Lipinski definition) is 2. The standard InChI is InChI=1S/C15H24N4O3/c1-10(2)8-19-11(3)12(7-16-19)17-14(22)18-6-5-15(4,9-18)13(20)21/h7,10H,5-6,8-9H2,1-4H3,(H,17,22)(H,20,21). The van der Waals surface area contributed by atoms with Gasteiger partial charge in [-0.2, -0.15) is 5.10 Å². The number of carbonyl (C=O) groups is 2. The van der Waals surface area contributed by atoms with Crippen LogP contribution < -0.4 is 5.32 Å². The maximum atomic E-state index is 12.3. The summed E-state index contributed by atoms with van der Waals surface area (Å²) in [5.74, 6) is -0.388. The summed E-state index contributed by atoms with van der Waals surface area (Å²) < 4.78 is 1.87. The van der Waals surface area contributed by atoms with Crippen LogP contribution in [0.3, 0.4) is 0 Å². The van der Waals surface area contributed by atoms with Gasteiger partial charge in [0.1, 0.15) is 0 Å². The molecule has 1 fully saturated rings. The fourth-order valence-corrected chi connectivity index (χ4v) is 2.60. The van der Waals surface area contributed by atoms with Crippen molar-refractivity contribution in [2.45, 2.75) is 40.7 Å². The average Bonchev–Trinajstić information content (AvgIpc) is 2.97. The molecule has 2 N–H and O–H groups in total. The summed E-state index contributed by atoms with van der Waals surface area (Å²) in [4.78, 5) is 25.1. The second kappa shape index (κ2) is 5.98. The molecule has 2 heterocycles. The Morgan fingerprint density at radius 3 is 2.73 bits per heavy atom. The lowest BCUT2D eigenvalue weighted by Gasteiger charge is -2.20. The first-order chi connectivity index (χ1) is 10.2. The molecular weight excluding hydrogens is 284 g/mol. The Morgan fingerprint density at radius 1 is 1.50 bits per heavy atom. The lowest BCUT2D eigenvalue weighted by Crippen LogP contribution is -2.37. The topological polar surface area (TPSA) is 87.5 Å². The van der Waals surface area contributed by atoms with E-state index in [0.717, 1.165) is 12.2 Å². The highest BCUT2D eigenvalue weighted by molar-refractivity contribution is 5.90. The van der Waals surface area contributed by atoms with E-state index in [2.05, 4.69) is 24.3 Å². The number of aliphatic carboxylic acids is 1. The van der Waals surface area contributed by atoms with Crippen LogP contribution in [-0.2, 0) is 11.3 Å². The number of carbonyl (C=O) groups excluding carboxylic acids is 1. The Morgan fingerprint density at radius 2 is 2.18 bits per heavy atom. The fourth-order valence-electron chi connectivity index (χ4n) is 2.60. The van der Waals surface area contributed by atoms with Gasteiger partial charge in [-0.25, -0.2) is 4.79 Å². The zero-order valence-corrected chi connectivity index (χ0v) is 13.6. The van der Waals surface area contributed by atoms with Gasteiger partial charge in [0.05, 0.1) is 23.0 Å². The summed E-state index contributed by atoms with van der Waals surface area (Å²) >= 11 is 0. The van der Waals surface area contributed by atoms with Gasteiger partial charge in [0.15, 0.2) is 0 Å². The maximum Gasteiger partial charge on any atom is 0.321 e. The van der Waals surface area contributed by atoms with Gasteiger partial charge < -0.3 is 15.3 Å². The highest BCUT2D eigenvalue weighted by atomic mass is 16.4. The van der Waals surface area contributed by atoms with Crippen molar-refractivity contribution in [3.8, 4) is 0 Å². The molecule has 1 unspecified atom stereocenters. The molecule has 0 aliphatic carbocycles. The fraction of sp³-hybridized carbons (Fsp3) is 0.667. The third-order valence-electron chi connectivity index (χ3n) is 4.16. The number of amides is 2. The summed E-state index contributed by atoms with van der Waals surface area (Å²) in [6.07, 6.45) is 2.11. The van der Waals surface area contributed by atoms with Crippen molar-refractivity contribution in [1.29, 1.82) is 0 Å². The number of nitrogens with zero attached hydrogens (tertiary/aromatic N) is 3. The van der Waals surface area contributed by atoms with Gasteiger partial charge in [-0.05, 0) is 26.2 Å². The van der Waals surface area contributed by atoms with Crippen LogP contribution in [0.15, 0.2) is 6.20 Å². The maximum absolute atomic E-state index is 12.3. The van der Waals surface area contributed by atoms with Crippen LogP contribution in [0.1, 0.15) is 32.9 Å². The molecule has 1 aliphatic rings. The number of carboxylic acid groups (broad SMARTS) is 1. The minimum Gasteiger partial charge on any atom is -0.481 e. The van der Waals surface area contributed by atoms with Crippen molar-refractivity contribution in [3.63, 3.8) is 0 Å². The SMILES string of the molecule is Cc1c(NC(=O)N2CCC(C)(C(=O)O)C2)cnn1CC(C)C. The average molecular weight is 308 g/mol. The minimum atomic E-state index is -0.858. The molecule has 1 aromatic heterocycles. The van der Waals surface area contributed by atoms with E-state index in [1.54, 1.807) is 18.0 Å². The van der Waals surface area contributed by atoms with Crippen molar-refractivity contribution in [1.82, 2.24) is 14.7 Å². The summed E-state index contributed by atoms with van der Waals surface area (Å²) in [7, 11) is 0. The Balaban J connectivity index is 2.02. The third-order valence-corrected chi connectivity index (χ3v) is 4.16. The van der Waals surface area contributed by atoms with E-state index < -0.39 is 11.4 Å². The highest BCUT2D eigenvalue weighted by Crippen LogP contribution is 2.30. The molecule has 0 saturated carbocycles. The van der Waals surface area contributed by atoms with E-state index in [0.29, 0.717) is 24.6 Å². The molecule has 0 spiro atoms. The van der Waals surface area contributed by atoms with Gasteiger partial charge in [0.2, 0.25) is 0 Å². The first-order valence-electron chi connectivity index (χ1n) is 7.54. The molecule has 122 valence electrons. The van der Waals surface area contributed by atoms with E-state index in [-0.39, 0.29) is 12.6 Å². The quantitative estimate of drug-likeness (QED) is 0.892. The number of hydrogen-bond acceptors (Lipinski definition) is 3. The zero-order chi connectivity index (χ0) is 16.5. The first kappa shape index (κ1) is 16.3. The van der Waals surface area contributed by atoms with Gasteiger partial charge in [0.25, 0.3) is 0 Å². The van der Waals surface area contributed by atoms with Gasteiger partial charge >= 0.3 is 12.0 Å². The van der Waals surface area contributed by atoms with E-state index in [1.807, 2.05) is 11.6 Å². The molecule has 1 saturated heterocycles. The normalized spacial score (nSPS) is 21.4. The lowest BCUT2D eigenvalue weighted by molar-refractivity contribution is -0.146. The number of rotatable bonds is 4. The van der Waals surface area contributed by atoms with E-state index >= 15 is 0 Å². The molecule has 7 nitrogen and oxygen atoms in total. The zero-order valence-electron chi connectivity index (χ0n) is 13.6. The monoisotopic (exact) mass is 308 g/mol. The van der Waals surface area contributed by atoms with Gasteiger partial charge in [0, 0.05) is 19.6 Å². The van der Waals surface area contributed by atoms with Crippen LogP contribution in [0.25, 0.3) is 0 Å². The molecule has 1 aliphatic heterocycles. The predicted molar refractivity (Wildman–Crippen MR) is 82.8 cm³/mol. The number of anilines is 1. The highest BCUT2D eigenvalue weighted by Gasteiger charge is 2.42. The Hall–Kier alpha value is -2.05.